The molecule has 0 aliphatic heterocycles. The van der Waals surface area contributed by atoms with E-state index in [4.69, 9.17) is 4.84 Å². The van der Waals surface area contributed by atoms with Gasteiger partial charge in [-0.3, -0.25) is 9.63 Å². The predicted octanol–water partition coefficient (Wildman–Crippen LogP) is 4.09. The summed E-state index contributed by atoms with van der Waals surface area (Å²) in [5.74, 6) is -0.691. The maximum Gasteiger partial charge on any atom is 0.276 e. The van der Waals surface area contributed by atoms with Crippen molar-refractivity contribution in [2.45, 2.75) is 20.5 Å². The van der Waals surface area contributed by atoms with Crippen LogP contribution in [0.5, 0.6) is 0 Å². The van der Waals surface area contributed by atoms with Crippen molar-refractivity contribution in [1.29, 1.82) is 0 Å². The molecule has 0 unspecified atom stereocenters. The molecule has 0 saturated heterocycles. The first kappa shape index (κ1) is 16.9. The van der Waals surface area contributed by atoms with Gasteiger partial charge in [0.2, 0.25) is 0 Å². The van der Waals surface area contributed by atoms with Crippen LogP contribution in [0.4, 0.5) is 4.39 Å². The number of aryl methyl sites for hydroxylation is 1. The number of para-hydroxylation sites is 1. The van der Waals surface area contributed by atoms with Crippen LogP contribution >= 0.6 is 0 Å². The number of amides is 1. The number of benzene rings is 2. The van der Waals surface area contributed by atoms with Crippen LogP contribution in [0.3, 0.4) is 0 Å². The first-order valence-electron chi connectivity index (χ1n) is 7.98. The van der Waals surface area contributed by atoms with Gasteiger partial charge in [-0.2, -0.15) is 0 Å². The molecule has 0 radical (unpaired) electrons. The van der Waals surface area contributed by atoms with Crippen molar-refractivity contribution < 1.29 is 14.0 Å². The van der Waals surface area contributed by atoms with Crippen LogP contribution in [0, 0.1) is 19.7 Å². The van der Waals surface area contributed by atoms with Crippen molar-refractivity contribution in [2.75, 3.05) is 0 Å². The Morgan fingerprint density at radius 1 is 1.08 bits per heavy atom. The number of nitrogens with zero attached hydrogens (tertiary/aromatic N) is 1. The van der Waals surface area contributed by atoms with E-state index in [1.165, 1.54) is 6.07 Å². The van der Waals surface area contributed by atoms with E-state index in [9.17, 15) is 9.18 Å². The van der Waals surface area contributed by atoms with Gasteiger partial charge in [0.1, 0.15) is 5.82 Å². The van der Waals surface area contributed by atoms with E-state index in [1.807, 2.05) is 37.3 Å². The van der Waals surface area contributed by atoms with Gasteiger partial charge < -0.3 is 4.57 Å². The van der Waals surface area contributed by atoms with Crippen LogP contribution in [-0.4, -0.2) is 10.5 Å². The van der Waals surface area contributed by atoms with Crippen molar-refractivity contribution >= 4 is 5.91 Å². The summed E-state index contributed by atoms with van der Waals surface area (Å²) in [5, 5.41) is 0. The molecule has 0 aliphatic carbocycles. The molecule has 25 heavy (non-hydrogen) atoms. The molecule has 3 aromatic rings. The summed E-state index contributed by atoms with van der Waals surface area (Å²) in [6, 6.07) is 17.8. The fraction of sp³-hybridized carbons (Fsp3) is 0.150. The lowest BCUT2D eigenvalue weighted by molar-refractivity contribution is 0.0233. The number of carbonyl (C=O) groups is 1. The summed E-state index contributed by atoms with van der Waals surface area (Å²) in [6.45, 7) is 3.89. The Balaban J connectivity index is 1.76. The molecule has 3 rings (SSSR count). The van der Waals surface area contributed by atoms with E-state index in [0.717, 1.165) is 11.3 Å². The number of hydrogen-bond acceptors (Lipinski definition) is 2. The highest BCUT2D eigenvalue weighted by Crippen LogP contribution is 2.22. The molecule has 5 heteroatoms. The maximum absolute atomic E-state index is 14.1. The molecular formula is C20H19FN2O2. The first-order valence-corrected chi connectivity index (χ1v) is 7.98. The van der Waals surface area contributed by atoms with Gasteiger partial charge in [0, 0.05) is 11.4 Å². The second-order valence-electron chi connectivity index (χ2n) is 5.78. The topological polar surface area (TPSA) is 43.3 Å². The monoisotopic (exact) mass is 338 g/mol. The summed E-state index contributed by atoms with van der Waals surface area (Å²) >= 11 is 0. The summed E-state index contributed by atoms with van der Waals surface area (Å²) in [6.07, 6.45) is 0. The Hall–Kier alpha value is -2.92. The third kappa shape index (κ3) is 3.61. The first-order chi connectivity index (χ1) is 12.1. The summed E-state index contributed by atoms with van der Waals surface area (Å²) in [4.78, 5) is 17.7. The molecule has 0 fully saturated rings. The minimum Gasteiger partial charge on any atom is -0.315 e. The third-order valence-corrected chi connectivity index (χ3v) is 4.02. The second kappa shape index (κ2) is 7.32. The zero-order valence-corrected chi connectivity index (χ0v) is 14.1. The molecule has 128 valence electrons. The lowest BCUT2D eigenvalue weighted by Crippen LogP contribution is -2.24. The molecule has 1 aromatic heterocycles. The van der Waals surface area contributed by atoms with E-state index in [1.54, 1.807) is 35.8 Å². The average Bonchev–Trinajstić information content (AvgIpc) is 2.91. The Bertz CT molecular complexity index is 888. The fourth-order valence-electron chi connectivity index (χ4n) is 2.81. The van der Waals surface area contributed by atoms with Crippen molar-refractivity contribution in [2.24, 2.45) is 0 Å². The van der Waals surface area contributed by atoms with Crippen LogP contribution < -0.4 is 5.48 Å². The molecule has 0 bridgehead atoms. The number of carbonyl (C=O) groups excluding carboxylic acids is 1. The van der Waals surface area contributed by atoms with Crippen molar-refractivity contribution in [3.05, 3.63) is 89.0 Å². The van der Waals surface area contributed by atoms with Gasteiger partial charge in [-0.05, 0) is 37.6 Å². The van der Waals surface area contributed by atoms with E-state index in [2.05, 4.69) is 5.48 Å². The van der Waals surface area contributed by atoms with Crippen LogP contribution in [0.25, 0.3) is 5.69 Å². The van der Waals surface area contributed by atoms with Gasteiger partial charge in [-0.1, -0.05) is 42.5 Å². The van der Waals surface area contributed by atoms with Gasteiger partial charge in [-0.15, -0.1) is 0 Å². The van der Waals surface area contributed by atoms with Gasteiger partial charge in [-0.25, -0.2) is 9.87 Å². The third-order valence-electron chi connectivity index (χ3n) is 4.02. The Labute approximate surface area is 145 Å². The Morgan fingerprint density at radius 2 is 1.76 bits per heavy atom. The van der Waals surface area contributed by atoms with E-state index in [0.29, 0.717) is 16.9 Å². The summed E-state index contributed by atoms with van der Waals surface area (Å²) in [7, 11) is 0. The predicted molar refractivity (Wildman–Crippen MR) is 93.9 cm³/mol. The average molecular weight is 338 g/mol. The summed E-state index contributed by atoms with van der Waals surface area (Å²) in [5.41, 5.74) is 5.71. The molecule has 0 saturated carbocycles. The Kier molecular flexibility index (Phi) is 4.95. The fourth-order valence-corrected chi connectivity index (χ4v) is 2.81. The molecule has 4 nitrogen and oxygen atoms in total. The lowest BCUT2D eigenvalue weighted by Gasteiger charge is -2.11. The number of hydroxylamine groups is 1. The molecule has 2 aromatic carbocycles. The largest absolute Gasteiger partial charge is 0.315 e. The van der Waals surface area contributed by atoms with E-state index in [-0.39, 0.29) is 18.3 Å². The van der Waals surface area contributed by atoms with Crippen LogP contribution in [0.1, 0.15) is 27.3 Å². The molecular weight excluding hydrogens is 319 g/mol. The van der Waals surface area contributed by atoms with Gasteiger partial charge in [0.05, 0.1) is 17.9 Å². The molecule has 1 amide bonds. The van der Waals surface area contributed by atoms with E-state index >= 15 is 0 Å². The van der Waals surface area contributed by atoms with Crippen molar-refractivity contribution in [1.82, 2.24) is 10.0 Å². The number of nitrogens with one attached hydrogen (secondary N) is 1. The highest BCUT2D eigenvalue weighted by molar-refractivity contribution is 5.95. The highest BCUT2D eigenvalue weighted by Gasteiger charge is 2.18. The maximum atomic E-state index is 14.1. The molecule has 0 spiro atoms. The second-order valence-corrected chi connectivity index (χ2v) is 5.78. The number of hydrogen-bond donors (Lipinski definition) is 1. The van der Waals surface area contributed by atoms with Crippen LogP contribution in [0.15, 0.2) is 60.7 Å². The number of aromatic nitrogens is 1. The normalized spacial score (nSPS) is 10.7. The molecule has 1 N–H and O–H groups in total. The molecule has 0 atom stereocenters. The van der Waals surface area contributed by atoms with E-state index < -0.39 is 0 Å². The minimum atomic E-state index is -0.355. The van der Waals surface area contributed by atoms with Gasteiger partial charge in [0.15, 0.2) is 0 Å². The number of halogens is 1. The lowest BCUT2D eigenvalue weighted by atomic mass is 10.2. The van der Waals surface area contributed by atoms with Crippen LogP contribution in [0.2, 0.25) is 0 Å². The minimum absolute atomic E-state index is 0.276. The smallest absolute Gasteiger partial charge is 0.276 e. The highest BCUT2D eigenvalue weighted by atomic mass is 19.1. The SMILES string of the molecule is Cc1cc(C(=O)NOCc2ccccc2)c(C)n1-c1ccccc1F. The summed E-state index contributed by atoms with van der Waals surface area (Å²) < 4.78 is 15.8. The van der Waals surface area contributed by atoms with Crippen molar-refractivity contribution in [3.8, 4) is 5.69 Å². The quantitative estimate of drug-likeness (QED) is 0.712. The van der Waals surface area contributed by atoms with Crippen LogP contribution in [-0.2, 0) is 11.4 Å². The van der Waals surface area contributed by atoms with Crippen molar-refractivity contribution in [3.63, 3.8) is 0 Å². The number of rotatable bonds is 5. The molecule has 0 aliphatic rings. The Morgan fingerprint density at radius 3 is 2.48 bits per heavy atom. The molecule has 1 heterocycles. The standard InChI is InChI=1S/C20H19FN2O2/c1-14-12-17(15(2)23(14)19-11-7-6-10-18(19)21)20(24)22-25-13-16-8-4-3-5-9-16/h3-12H,13H2,1-2H3,(H,22,24). The zero-order valence-electron chi connectivity index (χ0n) is 14.1. The van der Waals surface area contributed by atoms with Gasteiger partial charge in [0.25, 0.3) is 5.91 Å². The van der Waals surface area contributed by atoms with Gasteiger partial charge >= 0.3 is 0 Å². The zero-order chi connectivity index (χ0) is 17.8.